The molecule has 1 saturated heterocycles. The van der Waals surface area contributed by atoms with E-state index in [1.54, 1.807) is 0 Å². The maximum Gasteiger partial charge on any atom is 0.312 e. The molecule has 1 aliphatic rings. The highest BCUT2D eigenvalue weighted by molar-refractivity contribution is 6.35. The van der Waals surface area contributed by atoms with Crippen molar-refractivity contribution in [2.75, 3.05) is 19.7 Å². The van der Waals surface area contributed by atoms with Crippen molar-refractivity contribution in [2.45, 2.75) is 26.3 Å². The van der Waals surface area contributed by atoms with Crippen LogP contribution in [0.3, 0.4) is 0 Å². The lowest BCUT2D eigenvalue weighted by Gasteiger charge is -2.33. The molecular weight excluding hydrogens is 196 g/mol. The molecule has 1 fully saturated rings. The molecule has 1 aliphatic heterocycles. The molecule has 0 bridgehead atoms. The van der Waals surface area contributed by atoms with E-state index in [-0.39, 0.29) is 19.2 Å². The Morgan fingerprint density at radius 3 is 2.73 bits per heavy atom. The molecule has 2 N–H and O–H groups in total. The summed E-state index contributed by atoms with van der Waals surface area (Å²) in [6.45, 7) is 4.77. The number of nitrogens with one attached hydrogen (secondary N) is 1. The van der Waals surface area contributed by atoms with Crippen LogP contribution in [0.4, 0.5) is 0 Å². The van der Waals surface area contributed by atoms with Crippen LogP contribution in [0, 0.1) is 5.92 Å². The first-order chi connectivity index (χ1) is 7.04. The van der Waals surface area contributed by atoms with E-state index in [9.17, 15) is 9.59 Å². The average Bonchev–Trinajstić information content (AvgIpc) is 2.12. The molecule has 15 heavy (non-hydrogen) atoms. The number of aliphatic hydroxyl groups is 1. The first-order valence-corrected chi connectivity index (χ1v) is 5.25. The standard InChI is InChI=1S/C10H18N2O3/c1-7(2)5-8-6-12(3-4-13)10(15)9(14)11-8/h7-8,13H,3-6H2,1-2H3,(H,11,14). The molecule has 5 heteroatoms. The number of amides is 2. The number of carbonyl (C=O) groups excluding carboxylic acids is 2. The number of β-amino-alcohol motifs (C(OH)–C–C–N with tert-alkyl or cyclic N) is 1. The second-order valence-corrected chi connectivity index (χ2v) is 4.27. The summed E-state index contributed by atoms with van der Waals surface area (Å²) in [5, 5.41) is 11.4. The van der Waals surface area contributed by atoms with Crippen LogP contribution in [0.25, 0.3) is 0 Å². The Hall–Kier alpha value is -1.10. The fourth-order valence-corrected chi connectivity index (χ4v) is 1.80. The van der Waals surface area contributed by atoms with Gasteiger partial charge in [-0.05, 0) is 12.3 Å². The molecule has 5 nitrogen and oxygen atoms in total. The second-order valence-electron chi connectivity index (χ2n) is 4.27. The van der Waals surface area contributed by atoms with Crippen molar-refractivity contribution in [3.8, 4) is 0 Å². The van der Waals surface area contributed by atoms with Gasteiger partial charge in [-0.25, -0.2) is 0 Å². The predicted molar refractivity (Wildman–Crippen MR) is 55.1 cm³/mol. The van der Waals surface area contributed by atoms with Crippen LogP contribution in [-0.4, -0.2) is 47.6 Å². The monoisotopic (exact) mass is 214 g/mol. The highest BCUT2D eigenvalue weighted by Gasteiger charge is 2.31. The number of aliphatic hydroxyl groups excluding tert-OH is 1. The van der Waals surface area contributed by atoms with E-state index < -0.39 is 11.8 Å². The highest BCUT2D eigenvalue weighted by atomic mass is 16.3. The van der Waals surface area contributed by atoms with Gasteiger partial charge in [0, 0.05) is 19.1 Å². The van der Waals surface area contributed by atoms with Gasteiger partial charge in [-0.3, -0.25) is 9.59 Å². The van der Waals surface area contributed by atoms with Gasteiger partial charge in [0.25, 0.3) is 0 Å². The van der Waals surface area contributed by atoms with Crippen molar-refractivity contribution in [1.29, 1.82) is 0 Å². The molecule has 0 aromatic rings. The maximum absolute atomic E-state index is 11.3. The lowest BCUT2D eigenvalue weighted by Crippen LogP contribution is -2.58. The average molecular weight is 214 g/mol. The molecule has 1 heterocycles. The van der Waals surface area contributed by atoms with Gasteiger partial charge in [-0.1, -0.05) is 13.8 Å². The smallest absolute Gasteiger partial charge is 0.312 e. The number of hydrogen-bond donors (Lipinski definition) is 2. The van der Waals surface area contributed by atoms with Gasteiger partial charge < -0.3 is 15.3 Å². The molecular formula is C10H18N2O3. The Morgan fingerprint density at radius 2 is 2.20 bits per heavy atom. The zero-order valence-corrected chi connectivity index (χ0v) is 9.19. The number of piperazine rings is 1. The van der Waals surface area contributed by atoms with E-state index in [2.05, 4.69) is 19.2 Å². The lowest BCUT2D eigenvalue weighted by molar-refractivity contribution is -0.150. The van der Waals surface area contributed by atoms with Crippen LogP contribution >= 0.6 is 0 Å². The molecule has 1 atom stereocenters. The first kappa shape index (κ1) is 12.0. The Morgan fingerprint density at radius 1 is 1.53 bits per heavy atom. The van der Waals surface area contributed by atoms with Gasteiger partial charge in [0.15, 0.2) is 0 Å². The molecule has 0 spiro atoms. The van der Waals surface area contributed by atoms with Crippen LogP contribution < -0.4 is 5.32 Å². The Balaban J connectivity index is 2.58. The zero-order chi connectivity index (χ0) is 11.4. The van der Waals surface area contributed by atoms with Gasteiger partial charge in [-0.15, -0.1) is 0 Å². The first-order valence-electron chi connectivity index (χ1n) is 5.25. The van der Waals surface area contributed by atoms with Crippen molar-refractivity contribution in [1.82, 2.24) is 10.2 Å². The topological polar surface area (TPSA) is 69.6 Å². The molecule has 0 aliphatic carbocycles. The fraction of sp³-hybridized carbons (Fsp3) is 0.800. The van der Waals surface area contributed by atoms with Crippen LogP contribution in [0.5, 0.6) is 0 Å². The minimum absolute atomic E-state index is 0.0155. The third-order valence-electron chi connectivity index (χ3n) is 2.38. The van der Waals surface area contributed by atoms with Crippen molar-refractivity contribution in [2.24, 2.45) is 5.92 Å². The predicted octanol–water partition coefficient (Wildman–Crippen LogP) is -0.648. The van der Waals surface area contributed by atoms with E-state index in [1.165, 1.54) is 4.90 Å². The summed E-state index contributed by atoms with van der Waals surface area (Å²) in [4.78, 5) is 24.0. The van der Waals surface area contributed by atoms with Crippen LogP contribution in [0.15, 0.2) is 0 Å². The molecule has 0 aromatic carbocycles. The Labute approximate surface area is 89.4 Å². The molecule has 0 saturated carbocycles. The summed E-state index contributed by atoms with van der Waals surface area (Å²) in [6, 6.07) is 0.0155. The fourth-order valence-electron chi connectivity index (χ4n) is 1.80. The summed E-state index contributed by atoms with van der Waals surface area (Å²) in [7, 11) is 0. The Kier molecular flexibility index (Phi) is 4.08. The zero-order valence-electron chi connectivity index (χ0n) is 9.19. The minimum atomic E-state index is -0.555. The van der Waals surface area contributed by atoms with Gasteiger partial charge in [0.05, 0.1) is 6.61 Å². The van der Waals surface area contributed by atoms with Crippen LogP contribution in [0.2, 0.25) is 0 Å². The summed E-state index contributed by atoms with van der Waals surface area (Å²) in [5.41, 5.74) is 0. The molecule has 1 unspecified atom stereocenters. The molecule has 2 amide bonds. The quantitative estimate of drug-likeness (QED) is 0.611. The van der Waals surface area contributed by atoms with E-state index >= 15 is 0 Å². The number of rotatable bonds is 4. The molecule has 86 valence electrons. The van der Waals surface area contributed by atoms with Crippen LogP contribution in [-0.2, 0) is 9.59 Å². The number of nitrogens with zero attached hydrogens (tertiary/aromatic N) is 1. The van der Waals surface area contributed by atoms with Crippen molar-refractivity contribution < 1.29 is 14.7 Å². The highest BCUT2D eigenvalue weighted by Crippen LogP contribution is 2.10. The summed E-state index contributed by atoms with van der Waals surface area (Å²) in [6.07, 6.45) is 0.848. The van der Waals surface area contributed by atoms with E-state index in [0.29, 0.717) is 12.5 Å². The summed E-state index contributed by atoms with van der Waals surface area (Å²) in [5.74, 6) is -0.621. The largest absolute Gasteiger partial charge is 0.395 e. The van der Waals surface area contributed by atoms with Gasteiger partial charge >= 0.3 is 11.8 Å². The number of hydrogen-bond acceptors (Lipinski definition) is 3. The third-order valence-corrected chi connectivity index (χ3v) is 2.38. The molecule has 0 aromatic heterocycles. The van der Waals surface area contributed by atoms with Gasteiger partial charge in [-0.2, -0.15) is 0 Å². The normalized spacial score (nSPS) is 22.1. The summed E-state index contributed by atoms with van der Waals surface area (Å²) >= 11 is 0. The van der Waals surface area contributed by atoms with Crippen molar-refractivity contribution in [3.05, 3.63) is 0 Å². The minimum Gasteiger partial charge on any atom is -0.395 e. The van der Waals surface area contributed by atoms with E-state index in [0.717, 1.165) is 6.42 Å². The third kappa shape index (κ3) is 3.20. The van der Waals surface area contributed by atoms with Crippen molar-refractivity contribution in [3.63, 3.8) is 0 Å². The molecule has 1 rings (SSSR count). The van der Waals surface area contributed by atoms with Gasteiger partial charge in [0.2, 0.25) is 0 Å². The van der Waals surface area contributed by atoms with E-state index in [1.807, 2.05) is 0 Å². The van der Waals surface area contributed by atoms with Crippen molar-refractivity contribution >= 4 is 11.8 Å². The van der Waals surface area contributed by atoms with E-state index in [4.69, 9.17) is 5.11 Å². The molecule has 0 radical (unpaired) electrons. The lowest BCUT2D eigenvalue weighted by atomic mass is 10.0. The Bertz CT molecular complexity index is 253. The second kappa shape index (κ2) is 5.11. The SMILES string of the molecule is CC(C)CC1CN(CCO)C(=O)C(=O)N1. The maximum atomic E-state index is 11.3. The summed E-state index contributed by atoms with van der Waals surface area (Å²) < 4.78 is 0. The number of carbonyl (C=O) groups is 2. The van der Waals surface area contributed by atoms with Crippen LogP contribution in [0.1, 0.15) is 20.3 Å². The van der Waals surface area contributed by atoms with Gasteiger partial charge in [0.1, 0.15) is 0 Å².